The summed E-state index contributed by atoms with van der Waals surface area (Å²) in [5.74, 6) is 0. The van der Waals surface area contributed by atoms with Gasteiger partial charge in [0, 0.05) is 29.7 Å². The molecule has 0 radical (unpaired) electrons. The Balaban J connectivity index is 1.55. The van der Waals surface area contributed by atoms with Crippen molar-refractivity contribution >= 4 is 50.7 Å². The van der Waals surface area contributed by atoms with Crippen LogP contribution in [0.25, 0.3) is 14.7 Å². The van der Waals surface area contributed by atoms with Gasteiger partial charge in [-0.2, -0.15) is 0 Å². The molecule has 0 saturated heterocycles. The highest BCUT2D eigenvalue weighted by molar-refractivity contribution is 8.09. The van der Waals surface area contributed by atoms with Crippen LogP contribution in [0.5, 0.6) is 0 Å². The summed E-state index contributed by atoms with van der Waals surface area (Å²) < 4.78 is 0. The number of hydrogen-bond donors (Lipinski definition) is 0. The molecule has 0 nitrogen and oxygen atoms in total. The lowest BCUT2D eigenvalue weighted by atomic mass is 10.2. The van der Waals surface area contributed by atoms with Gasteiger partial charge in [-0.05, 0) is 41.4 Å². The van der Waals surface area contributed by atoms with Gasteiger partial charge in [-0.25, -0.2) is 0 Å². The summed E-state index contributed by atoms with van der Waals surface area (Å²) >= 11 is 7.62. The molecule has 4 heterocycles. The zero-order chi connectivity index (χ0) is 13.4. The van der Waals surface area contributed by atoms with Gasteiger partial charge in [0.1, 0.15) is 0 Å². The Hall–Kier alpha value is -0.810. The second-order valence-corrected chi connectivity index (χ2v) is 8.82. The number of hydrogen-bond acceptors (Lipinski definition) is 4. The van der Waals surface area contributed by atoms with E-state index in [0.29, 0.717) is 5.25 Å². The summed E-state index contributed by atoms with van der Waals surface area (Å²) in [7, 11) is 0. The lowest BCUT2D eigenvalue weighted by Gasteiger charge is -2.06. The van der Waals surface area contributed by atoms with Gasteiger partial charge in [0.25, 0.3) is 0 Å². The summed E-state index contributed by atoms with van der Waals surface area (Å²) in [5.41, 5.74) is 0. The normalized spacial score (nSPS) is 18.4. The molecule has 0 aromatic carbocycles. The maximum Gasteiger partial charge on any atom is 0.0473 e. The van der Waals surface area contributed by atoms with Crippen molar-refractivity contribution in [2.75, 3.05) is 0 Å². The summed E-state index contributed by atoms with van der Waals surface area (Å²) in [4.78, 5) is 7.13. The first-order chi connectivity index (χ1) is 9.90. The molecule has 1 aliphatic heterocycles. The third-order valence-electron chi connectivity index (χ3n) is 3.26. The topological polar surface area (TPSA) is 0 Å². The van der Waals surface area contributed by atoms with E-state index in [1.807, 2.05) is 45.8 Å². The molecule has 1 atom stereocenters. The highest BCUT2D eigenvalue weighted by Crippen LogP contribution is 2.51. The SMILES string of the molecule is C1=C(c2ccc(-c3cccs3)s2)SC(c2cccs2)C1. The predicted molar refractivity (Wildman–Crippen MR) is 94.9 cm³/mol. The van der Waals surface area contributed by atoms with Gasteiger partial charge < -0.3 is 0 Å². The summed E-state index contributed by atoms with van der Waals surface area (Å²) in [6.45, 7) is 0. The van der Waals surface area contributed by atoms with Crippen LogP contribution in [0.2, 0.25) is 0 Å². The van der Waals surface area contributed by atoms with Gasteiger partial charge in [0.2, 0.25) is 0 Å². The molecule has 0 spiro atoms. The predicted octanol–water partition coefficient (Wildman–Crippen LogP) is 6.76. The first-order valence-electron chi connectivity index (χ1n) is 6.44. The molecule has 4 rings (SSSR count). The standard InChI is InChI=1S/C16H12S4/c1-3-11(17-9-1)13-5-7-15(19-13)16-8-6-14(20-16)12-4-2-10-18-12/h1-5,7-10,14H,6H2. The lowest BCUT2D eigenvalue weighted by Crippen LogP contribution is -1.81. The van der Waals surface area contributed by atoms with Crippen LogP contribution >= 0.6 is 45.8 Å². The second-order valence-electron chi connectivity index (χ2n) is 4.57. The molecule has 20 heavy (non-hydrogen) atoms. The Morgan fingerprint density at radius 1 is 0.850 bits per heavy atom. The quantitative estimate of drug-likeness (QED) is 0.511. The van der Waals surface area contributed by atoms with Gasteiger partial charge in [-0.3, -0.25) is 0 Å². The van der Waals surface area contributed by atoms with Crippen molar-refractivity contribution in [2.45, 2.75) is 11.7 Å². The van der Waals surface area contributed by atoms with E-state index in [4.69, 9.17) is 0 Å². The van der Waals surface area contributed by atoms with E-state index in [-0.39, 0.29) is 0 Å². The van der Waals surface area contributed by atoms with E-state index in [9.17, 15) is 0 Å². The van der Waals surface area contributed by atoms with E-state index >= 15 is 0 Å². The third-order valence-corrected chi connectivity index (χ3v) is 8.08. The van der Waals surface area contributed by atoms with Crippen molar-refractivity contribution < 1.29 is 0 Å². The lowest BCUT2D eigenvalue weighted by molar-refractivity contribution is 1.02. The summed E-state index contributed by atoms with van der Waals surface area (Å²) in [6.07, 6.45) is 3.56. The van der Waals surface area contributed by atoms with E-state index in [1.165, 1.54) is 24.4 Å². The monoisotopic (exact) mass is 332 g/mol. The Kier molecular flexibility index (Phi) is 3.56. The fraction of sp³-hybridized carbons (Fsp3) is 0.125. The molecule has 0 aliphatic carbocycles. The van der Waals surface area contributed by atoms with Crippen LogP contribution in [0, 0.1) is 0 Å². The maximum atomic E-state index is 2.40. The van der Waals surface area contributed by atoms with Crippen molar-refractivity contribution in [3.8, 4) is 9.75 Å². The molecule has 3 aromatic heterocycles. The second kappa shape index (κ2) is 5.53. The van der Waals surface area contributed by atoms with Crippen LogP contribution in [0.3, 0.4) is 0 Å². The Labute approximate surface area is 134 Å². The first-order valence-corrected chi connectivity index (χ1v) is 9.90. The van der Waals surface area contributed by atoms with Crippen LogP contribution in [-0.4, -0.2) is 0 Å². The summed E-state index contributed by atoms with van der Waals surface area (Å²) in [5, 5.41) is 4.94. The highest BCUT2D eigenvalue weighted by Gasteiger charge is 2.22. The third kappa shape index (κ3) is 2.42. The molecule has 0 N–H and O–H groups in total. The number of thioether (sulfide) groups is 1. The van der Waals surface area contributed by atoms with Crippen molar-refractivity contribution in [1.29, 1.82) is 0 Å². The first kappa shape index (κ1) is 12.9. The van der Waals surface area contributed by atoms with E-state index in [0.717, 1.165) is 6.42 Å². The van der Waals surface area contributed by atoms with Crippen LogP contribution in [0.4, 0.5) is 0 Å². The van der Waals surface area contributed by atoms with Crippen molar-refractivity contribution in [3.05, 3.63) is 63.0 Å². The highest BCUT2D eigenvalue weighted by atomic mass is 32.2. The maximum absolute atomic E-state index is 2.40. The number of allylic oxidation sites excluding steroid dienone is 1. The molecule has 0 saturated carbocycles. The smallest absolute Gasteiger partial charge is 0.0473 e. The molecule has 0 bridgehead atoms. The molecular weight excluding hydrogens is 320 g/mol. The molecule has 100 valence electrons. The van der Waals surface area contributed by atoms with Gasteiger partial charge in [-0.15, -0.1) is 45.8 Å². The molecular formula is C16H12S4. The zero-order valence-corrected chi connectivity index (χ0v) is 13.9. The zero-order valence-electron chi connectivity index (χ0n) is 10.6. The molecule has 1 unspecified atom stereocenters. The van der Waals surface area contributed by atoms with Gasteiger partial charge in [-0.1, -0.05) is 18.2 Å². The molecule has 0 amide bonds. The average Bonchev–Trinajstić information content (AvgIpc) is 3.22. The van der Waals surface area contributed by atoms with Gasteiger partial charge in [0.05, 0.1) is 0 Å². The Bertz CT molecular complexity index is 716. The van der Waals surface area contributed by atoms with Crippen molar-refractivity contribution in [1.82, 2.24) is 0 Å². The van der Waals surface area contributed by atoms with Crippen LogP contribution in [-0.2, 0) is 0 Å². The molecule has 0 fully saturated rings. The van der Waals surface area contributed by atoms with E-state index in [1.54, 1.807) is 0 Å². The van der Waals surface area contributed by atoms with Gasteiger partial charge >= 0.3 is 0 Å². The fourth-order valence-corrected chi connectivity index (χ4v) is 6.44. The number of rotatable bonds is 3. The molecule has 3 aromatic rings. The number of thiophene rings is 3. The van der Waals surface area contributed by atoms with Crippen molar-refractivity contribution in [3.63, 3.8) is 0 Å². The van der Waals surface area contributed by atoms with Crippen LogP contribution in [0.15, 0.2) is 53.2 Å². The minimum Gasteiger partial charge on any atom is -0.148 e. The minimum absolute atomic E-state index is 0.622. The van der Waals surface area contributed by atoms with Crippen LogP contribution < -0.4 is 0 Å². The molecule has 4 heteroatoms. The largest absolute Gasteiger partial charge is 0.148 e. The summed E-state index contributed by atoms with van der Waals surface area (Å²) in [6, 6.07) is 13.3. The van der Waals surface area contributed by atoms with E-state index < -0.39 is 0 Å². The minimum atomic E-state index is 0.622. The van der Waals surface area contributed by atoms with Crippen LogP contribution in [0.1, 0.15) is 21.4 Å². The van der Waals surface area contributed by atoms with Crippen molar-refractivity contribution in [2.24, 2.45) is 0 Å². The van der Waals surface area contributed by atoms with E-state index in [2.05, 4.69) is 53.2 Å². The molecule has 1 aliphatic rings. The van der Waals surface area contributed by atoms with Gasteiger partial charge in [0.15, 0.2) is 0 Å². The Morgan fingerprint density at radius 2 is 1.70 bits per heavy atom. The average molecular weight is 333 g/mol. The Morgan fingerprint density at radius 3 is 2.50 bits per heavy atom. The fourth-order valence-electron chi connectivity index (χ4n) is 2.29.